The summed E-state index contributed by atoms with van der Waals surface area (Å²) in [5, 5.41) is 3.05. The van der Waals surface area contributed by atoms with Crippen LogP contribution in [0.25, 0.3) is 0 Å². The molecule has 1 aromatic carbocycles. The van der Waals surface area contributed by atoms with Crippen LogP contribution in [0.4, 0.5) is 5.69 Å². The molecule has 3 nitrogen and oxygen atoms in total. The Morgan fingerprint density at radius 3 is 2.81 bits per heavy atom. The van der Waals surface area contributed by atoms with E-state index in [2.05, 4.69) is 37.1 Å². The fraction of sp³-hybridized carbons (Fsp3) is 0.333. The molecule has 0 saturated carbocycles. The number of amides is 1. The summed E-state index contributed by atoms with van der Waals surface area (Å²) in [5.74, 6) is 0.355. The highest BCUT2D eigenvalue weighted by Gasteiger charge is 2.36. The van der Waals surface area contributed by atoms with Crippen molar-refractivity contribution >= 4 is 11.6 Å². The van der Waals surface area contributed by atoms with Crippen LogP contribution in [0.15, 0.2) is 42.7 Å². The zero-order chi connectivity index (χ0) is 15.0. The quantitative estimate of drug-likeness (QED) is 0.899. The van der Waals surface area contributed by atoms with Gasteiger partial charge in [0.25, 0.3) is 5.91 Å². The van der Waals surface area contributed by atoms with Crippen molar-refractivity contribution in [3.05, 3.63) is 59.4 Å². The molecule has 2 aromatic rings. The van der Waals surface area contributed by atoms with Gasteiger partial charge in [-0.3, -0.25) is 9.78 Å². The maximum absolute atomic E-state index is 12.3. The van der Waals surface area contributed by atoms with Gasteiger partial charge in [0.1, 0.15) is 0 Å². The highest BCUT2D eigenvalue weighted by Crippen LogP contribution is 2.48. The lowest BCUT2D eigenvalue weighted by molar-refractivity contribution is 0.102. The number of benzene rings is 1. The molecule has 3 rings (SSSR count). The molecule has 1 N–H and O–H groups in total. The lowest BCUT2D eigenvalue weighted by Crippen LogP contribution is -2.15. The van der Waals surface area contributed by atoms with E-state index in [9.17, 15) is 4.79 Å². The molecule has 1 aliphatic rings. The average molecular weight is 280 g/mol. The van der Waals surface area contributed by atoms with Crippen LogP contribution >= 0.6 is 0 Å². The van der Waals surface area contributed by atoms with Gasteiger partial charge in [-0.1, -0.05) is 32.9 Å². The van der Waals surface area contributed by atoms with Crippen LogP contribution in [0.5, 0.6) is 0 Å². The monoisotopic (exact) mass is 280 g/mol. The lowest BCUT2D eigenvalue weighted by Gasteiger charge is -2.19. The smallest absolute Gasteiger partial charge is 0.257 e. The molecule has 0 unspecified atom stereocenters. The van der Waals surface area contributed by atoms with Crippen LogP contribution in [-0.4, -0.2) is 10.9 Å². The minimum Gasteiger partial charge on any atom is -0.322 e. The van der Waals surface area contributed by atoms with E-state index in [1.54, 1.807) is 24.5 Å². The van der Waals surface area contributed by atoms with Crippen LogP contribution in [0.3, 0.4) is 0 Å². The van der Waals surface area contributed by atoms with Crippen LogP contribution in [-0.2, 0) is 5.41 Å². The average Bonchev–Trinajstić information content (AvgIpc) is 2.70. The van der Waals surface area contributed by atoms with E-state index in [-0.39, 0.29) is 11.3 Å². The SMILES string of the molecule is C[C@@H]1CC(C)(C)c2cccc(NC(=O)c3cccnc3)c21. The van der Waals surface area contributed by atoms with E-state index in [4.69, 9.17) is 0 Å². The summed E-state index contributed by atoms with van der Waals surface area (Å²) in [6.07, 6.45) is 4.37. The Balaban J connectivity index is 1.95. The van der Waals surface area contributed by atoms with Gasteiger partial charge in [0.05, 0.1) is 5.56 Å². The van der Waals surface area contributed by atoms with Crippen LogP contribution < -0.4 is 5.32 Å². The van der Waals surface area contributed by atoms with Crippen molar-refractivity contribution in [3.63, 3.8) is 0 Å². The first-order chi connectivity index (χ1) is 9.99. The van der Waals surface area contributed by atoms with Gasteiger partial charge in [0, 0.05) is 18.1 Å². The Hall–Kier alpha value is -2.16. The van der Waals surface area contributed by atoms with E-state index < -0.39 is 0 Å². The molecule has 1 aliphatic carbocycles. The van der Waals surface area contributed by atoms with E-state index in [0.717, 1.165) is 12.1 Å². The number of pyridine rings is 1. The molecule has 1 heterocycles. The Kier molecular flexibility index (Phi) is 3.28. The third-order valence-corrected chi connectivity index (χ3v) is 4.32. The highest BCUT2D eigenvalue weighted by molar-refractivity contribution is 6.04. The minimum atomic E-state index is -0.103. The van der Waals surface area contributed by atoms with E-state index in [0.29, 0.717) is 11.5 Å². The zero-order valence-corrected chi connectivity index (χ0v) is 12.7. The minimum absolute atomic E-state index is 0.103. The molecule has 0 aliphatic heterocycles. The fourth-order valence-corrected chi connectivity index (χ4v) is 3.46. The van der Waals surface area contributed by atoms with Crippen LogP contribution in [0, 0.1) is 0 Å². The molecular formula is C18H20N2O. The predicted molar refractivity (Wildman–Crippen MR) is 84.7 cm³/mol. The second-order valence-electron chi connectivity index (χ2n) is 6.45. The number of rotatable bonds is 2. The summed E-state index contributed by atoms with van der Waals surface area (Å²) in [7, 11) is 0. The predicted octanol–water partition coefficient (Wildman–Crippen LogP) is 4.12. The normalized spacial score (nSPS) is 19.1. The topological polar surface area (TPSA) is 42.0 Å². The van der Waals surface area contributed by atoms with Crippen LogP contribution in [0.1, 0.15) is 54.6 Å². The second-order valence-corrected chi connectivity index (χ2v) is 6.45. The lowest BCUT2D eigenvalue weighted by atomic mass is 9.86. The molecule has 1 aromatic heterocycles. The summed E-state index contributed by atoms with van der Waals surface area (Å²) in [6.45, 7) is 6.76. The maximum atomic E-state index is 12.3. The number of hydrogen-bond acceptors (Lipinski definition) is 2. The number of nitrogens with one attached hydrogen (secondary N) is 1. The van der Waals surface area contributed by atoms with Crippen molar-refractivity contribution in [1.82, 2.24) is 4.98 Å². The number of aromatic nitrogens is 1. The van der Waals surface area contributed by atoms with Gasteiger partial charge in [0.15, 0.2) is 0 Å². The summed E-state index contributed by atoms with van der Waals surface area (Å²) in [5.41, 5.74) is 4.31. The zero-order valence-electron chi connectivity index (χ0n) is 12.7. The maximum Gasteiger partial charge on any atom is 0.257 e. The fourth-order valence-electron chi connectivity index (χ4n) is 3.46. The third kappa shape index (κ3) is 2.44. The Morgan fingerprint density at radius 1 is 1.29 bits per heavy atom. The summed E-state index contributed by atoms with van der Waals surface area (Å²) in [4.78, 5) is 16.3. The largest absolute Gasteiger partial charge is 0.322 e. The number of anilines is 1. The highest BCUT2D eigenvalue weighted by atomic mass is 16.1. The van der Waals surface area contributed by atoms with Gasteiger partial charge >= 0.3 is 0 Å². The van der Waals surface area contributed by atoms with E-state index in [1.165, 1.54) is 11.1 Å². The van der Waals surface area contributed by atoms with Gasteiger partial charge in [-0.15, -0.1) is 0 Å². The second kappa shape index (κ2) is 4.99. The molecule has 0 radical (unpaired) electrons. The van der Waals surface area contributed by atoms with Crippen molar-refractivity contribution in [2.24, 2.45) is 0 Å². The first-order valence-corrected chi connectivity index (χ1v) is 7.34. The number of nitrogens with zero attached hydrogens (tertiary/aromatic N) is 1. The first-order valence-electron chi connectivity index (χ1n) is 7.34. The van der Waals surface area contributed by atoms with Crippen molar-refractivity contribution in [3.8, 4) is 0 Å². The Labute approximate surface area is 125 Å². The van der Waals surface area contributed by atoms with Gasteiger partial charge < -0.3 is 5.32 Å². The van der Waals surface area contributed by atoms with Gasteiger partial charge in [0.2, 0.25) is 0 Å². The molecule has 108 valence electrons. The number of carbonyl (C=O) groups excluding carboxylic acids is 1. The Morgan fingerprint density at radius 2 is 2.10 bits per heavy atom. The molecule has 0 saturated heterocycles. The van der Waals surface area contributed by atoms with Crippen molar-refractivity contribution in [2.75, 3.05) is 5.32 Å². The summed E-state index contributed by atoms with van der Waals surface area (Å²) >= 11 is 0. The van der Waals surface area contributed by atoms with Gasteiger partial charge in [-0.05, 0) is 47.1 Å². The molecule has 3 heteroatoms. The third-order valence-electron chi connectivity index (χ3n) is 4.32. The van der Waals surface area contributed by atoms with Crippen molar-refractivity contribution in [2.45, 2.75) is 38.5 Å². The molecule has 0 fully saturated rings. The van der Waals surface area contributed by atoms with Crippen LogP contribution in [0.2, 0.25) is 0 Å². The Bertz CT molecular complexity index is 677. The first kappa shape index (κ1) is 13.8. The number of carbonyl (C=O) groups is 1. The summed E-state index contributed by atoms with van der Waals surface area (Å²) < 4.78 is 0. The van der Waals surface area contributed by atoms with E-state index >= 15 is 0 Å². The molecule has 0 bridgehead atoms. The van der Waals surface area contributed by atoms with E-state index in [1.807, 2.05) is 12.1 Å². The number of fused-ring (bicyclic) bond motifs is 1. The molecule has 0 spiro atoms. The molecular weight excluding hydrogens is 260 g/mol. The molecule has 1 atom stereocenters. The van der Waals surface area contributed by atoms with Crippen molar-refractivity contribution < 1.29 is 4.79 Å². The van der Waals surface area contributed by atoms with Gasteiger partial charge in [-0.2, -0.15) is 0 Å². The molecule has 1 amide bonds. The standard InChI is InChI=1S/C18H20N2O/c1-12-10-18(2,3)14-7-4-8-15(16(12)14)20-17(21)13-6-5-9-19-11-13/h4-9,11-12H,10H2,1-3H3,(H,20,21)/t12-/m1/s1. The molecule has 21 heavy (non-hydrogen) atoms. The van der Waals surface area contributed by atoms with Gasteiger partial charge in [-0.25, -0.2) is 0 Å². The number of hydrogen-bond donors (Lipinski definition) is 1. The summed E-state index contributed by atoms with van der Waals surface area (Å²) in [6, 6.07) is 9.75. The van der Waals surface area contributed by atoms with Crippen molar-refractivity contribution in [1.29, 1.82) is 0 Å².